The molecule has 0 saturated carbocycles. The molecule has 1 heterocycles. The van der Waals surface area contributed by atoms with E-state index in [0.29, 0.717) is 6.61 Å². The molecule has 0 radical (unpaired) electrons. The Kier molecular flexibility index (Phi) is 4.69. The first kappa shape index (κ1) is 14.5. The third kappa shape index (κ3) is 2.80. The Morgan fingerprint density at radius 1 is 1.20 bits per heavy atom. The van der Waals surface area contributed by atoms with Gasteiger partial charge < -0.3 is 10.1 Å². The van der Waals surface area contributed by atoms with Crippen LogP contribution < -0.4 is 5.32 Å². The van der Waals surface area contributed by atoms with E-state index in [2.05, 4.69) is 24.1 Å². The topological polar surface area (TPSA) is 47.0 Å². The zero-order chi connectivity index (χ0) is 14.5. The molecule has 2 rings (SSSR count). The van der Waals surface area contributed by atoms with E-state index in [-0.39, 0.29) is 0 Å². The Bertz CT molecular complexity index is 571. The maximum Gasteiger partial charge on any atom is 0.162 e. The molecule has 0 aliphatic heterocycles. The smallest absolute Gasteiger partial charge is 0.162 e. The van der Waals surface area contributed by atoms with Gasteiger partial charge in [0, 0.05) is 31.0 Å². The maximum absolute atomic E-state index is 5.26. The minimum atomic E-state index is 0.559. The van der Waals surface area contributed by atoms with E-state index in [9.17, 15) is 0 Å². The van der Waals surface area contributed by atoms with Crippen LogP contribution in [0.1, 0.15) is 23.7 Å². The highest BCUT2D eigenvalue weighted by atomic mass is 16.5. The minimum absolute atomic E-state index is 0.559. The van der Waals surface area contributed by atoms with Crippen LogP contribution in [0.25, 0.3) is 11.4 Å². The summed E-state index contributed by atoms with van der Waals surface area (Å²) in [6.07, 6.45) is 0.891. The Morgan fingerprint density at radius 3 is 2.60 bits per heavy atom. The van der Waals surface area contributed by atoms with E-state index >= 15 is 0 Å². The summed E-state index contributed by atoms with van der Waals surface area (Å²) in [7, 11) is 3.59. The van der Waals surface area contributed by atoms with Crippen LogP contribution in [0, 0.1) is 6.92 Å². The molecule has 4 nitrogen and oxygen atoms in total. The normalized spacial score (nSPS) is 10.6. The number of hydrogen-bond acceptors (Lipinski definition) is 4. The van der Waals surface area contributed by atoms with Crippen LogP contribution in [0.5, 0.6) is 0 Å². The predicted octanol–water partition coefficient (Wildman–Crippen LogP) is 3.20. The van der Waals surface area contributed by atoms with Crippen LogP contribution in [0.4, 0.5) is 5.82 Å². The van der Waals surface area contributed by atoms with E-state index in [4.69, 9.17) is 9.72 Å². The lowest BCUT2D eigenvalue weighted by Gasteiger charge is -2.13. The van der Waals surface area contributed by atoms with E-state index in [1.165, 1.54) is 0 Å². The lowest BCUT2D eigenvalue weighted by Crippen LogP contribution is -2.05. The third-order valence-corrected chi connectivity index (χ3v) is 3.38. The molecule has 0 aliphatic rings. The Labute approximate surface area is 120 Å². The molecule has 1 N–H and O–H groups in total. The summed E-state index contributed by atoms with van der Waals surface area (Å²) < 4.78 is 5.26. The Balaban J connectivity index is 2.58. The van der Waals surface area contributed by atoms with Crippen LogP contribution in [-0.4, -0.2) is 24.1 Å². The molecule has 0 aliphatic carbocycles. The van der Waals surface area contributed by atoms with Crippen molar-refractivity contribution in [3.63, 3.8) is 0 Å². The van der Waals surface area contributed by atoms with Crippen LogP contribution >= 0.6 is 0 Å². The van der Waals surface area contributed by atoms with Crippen molar-refractivity contribution in [2.45, 2.75) is 26.9 Å². The van der Waals surface area contributed by atoms with Gasteiger partial charge in [-0.15, -0.1) is 0 Å². The second-order valence-electron chi connectivity index (χ2n) is 4.66. The number of ether oxygens (including phenoxy) is 1. The third-order valence-electron chi connectivity index (χ3n) is 3.38. The molecule has 1 aromatic heterocycles. The number of benzene rings is 1. The number of rotatable bonds is 5. The molecule has 1 aromatic carbocycles. The van der Waals surface area contributed by atoms with Gasteiger partial charge in [0.25, 0.3) is 0 Å². The average molecular weight is 271 g/mol. The van der Waals surface area contributed by atoms with E-state index < -0.39 is 0 Å². The SMILES string of the molecule is CCc1nc(-c2ccccc2COC)nc(NC)c1C. The van der Waals surface area contributed by atoms with Crippen molar-refractivity contribution in [2.75, 3.05) is 19.5 Å². The number of methoxy groups -OCH3 is 1. The number of aryl methyl sites for hydroxylation is 1. The van der Waals surface area contributed by atoms with Crippen molar-refractivity contribution >= 4 is 5.82 Å². The summed E-state index contributed by atoms with van der Waals surface area (Å²) in [4.78, 5) is 9.34. The molecule has 0 spiro atoms. The standard InChI is InChI=1S/C16H21N3O/c1-5-14-11(2)15(17-3)19-16(18-14)13-9-7-6-8-12(13)10-20-4/h6-9H,5,10H2,1-4H3,(H,17,18,19). The van der Waals surface area contributed by atoms with Crippen molar-refractivity contribution < 1.29 is 4.74 Å². The first-order chi connectivity index (χ1) is 9.71. The van der Waals surface area contributed by atoms with Gasteiger partial charge >= 0.3 is 0 Å². The second kappa shape index (κ2) is 6.48. The van der Waals surface area contributed by atoms with Crippen LogP contribution in [0.2, 0.25) is 0 Å². The van der Waals surface area contributed by atoms with Gasteiger partial charge in [0.2, 0.25) is 0 Å². The second-order valence-corrected chi connectivity index (χ2v) is 4.66. The number of hydrogen-bond donors (Lipinski definition) is 1. The van der Waals surface area contributed by atoms with Gasteiger partial charge in [0.15, 0.2) is 5.82 Å². The summed E-state index contributed by atoms with van der Waals surface area (Å²) in [6.45, 7) is 4.72. The van der Waals surface area contributed by atoms with Crippen molar-refractivity contribution in [2.24, 2.45) is 0 Å². The zero-order valence-electron chi connectivity index (χ0n) is 12.5. The molecule has 2 aromatic rings. The van der Waals surface area contributed by atoms with Crippen LogP contribution in [-0.2, 0) is 17.8 Å². The van der Waals surface area contributed by atoms with E-state index in [0.717, 1.165) is 40.4 Å². The molecule has 0 saturated heterocycles. The predicted molar refractivity (Wildman–Crippen MR) is 81.8 cm³/mol. The Hall–Kier alpha value is -1.94. The molecule has 106 valence electrons. The fourth-order valence-electron chi connectivity index (χ4n) is 2.29. The molecule has 0 bridgehead atoms. The van der Waals surface area contributed by atoms with Gasteiger partial charge in [-0.25, -0.2) is 9.97 Å². The summed E-state index contributed by atoms with van der Waals surface area (Å²) in [5.74, 6) is 1.64. The van der Waals surface area contributed by atoms with Crippen LogP contribution in [0.15, 0.2) is 24.3 Å². The zero-order valence-corrected chi connectivity index (χ0v) is 12.5. The van der Waals surface area contributed by atoms with Crippen molar-refractivity contribution in [1.29, 1.82) is 0 Å². The van der Waals surface area contributed by atoms with Crippen molar-refractivity contribution in [1.82, 2.24) is 9.97 Å². The van der Waals surface area contributed by atoms with Gasteiger partial charge in [-0.05, 0) is 18.9 Å². The summed E-state index contributed by atoms with van der Waals surface area (Å²) in [6, 6.07) is 8.10. The van der Waals surface area contributed by atoms with Gasteiger partial charge in [0.05, 0.1) is 6.61 Å². The molecule has 20 heavy (non-hydrogen) atoms. The summed E-state index contributed by atoms with van der Waals surface area (Å²) in [5, 5.41) is 3.15. The van der Waals surface area contributed by atoms with Crippen LogP contribution in [0.3, 0.4) is 0 Å². The Morgan fingerprint density at radius 2 is 1.95 bits per heavy atom. The number of nitrogens with one attached hydrogen (secondary N) is 1. The van der Waals surface area contributed by atoms with E-state index in [1.807, 2.05) is 31.3 Å². The fraction of sp³-hybridized carbons (Fsp3) is 0.375. The minimum Gasteiger partial charge on any atom is -0.380 e. The van der Waals surface area contributed by atoms with Gasteiger partial charge in [-0.3, -0.25) is 0 Å². The largest absolute Gasteiger partial charge is 0.380 e. The summed E-state index contributed by atoms with van der Waals surface area (Å²) >= 11 is 0. The lowest BCUT2D eigenvalue weighted by atomic mass is 10.1. The molecule has 0 atom stereocenters. The van der Waals surface area contributed by atoms with Gasteiger partial charge in [-0.1, -0.05) is 31.2 Å². The number of nitrogens with zero attached hydrogens (tertiary/aromatic N) is 2. The molecule has 0 amide bonds. The lowest BCUT2D eigenvalue weighted by molar-refractivity contribution is 0.185. The molecular weight excluding hydrogens is 250 g/mol. The first-order valence-corrected chi connectivity index (χ1v) is 6.83. The van der Waals surface area contributed by atoms with E-state index in [1.54, 1.807) is 7.11 Å². The highest BCUT2D eigenvalue weighted by Crippen LogP contribution is 2.25. The number of anilines is 1. The summed E-state index contributed by atoms with van der Waals surface area (Å²) in [5.41, 5.74) is 4.32. The maximum atomic E-state index is 5.26. The van der Waals surface area contributed by atoms with Crippen molar-refractivity contribution in [3.05, 3.63) is 41.1 Å². The van der Waals surface area contributed by atoms with Gasteiger partial charge in [0.1, 0.15) is 5.82 Å². The molecule has 4 heteroatoms. The average Bonchev–Trinajstić information content (AvgIpc) is 2.48. The molecule has 0 fully saturated rings. The van der Waals surface area contributed by atoms with Gasteiger partial charge in [-0.2, -0.15) is 0 Å². The quantitative estimate of drug-likeness (QED) is 0.907. The first-order valence-electron chi connectivity index (χ1n) is 6.83. The molecular formula is C16H21N3O. The highest BCUT2D eigenvalue weighted by molar-refractivity contribution is 5.63. The highest BCUT2D eigenvalue weighted by Gasteiger charge is 2.12. The molecule has 0 unspecified atom stereocenters. The number of aromatic nitrogens is 2. The fourth-order valence-corrected chi connectivity index (χ4v) is 2.29. The monoisotopic (exact) mass is 271 g/mol. The van der Waals surface area contributed by atoms with Crippen molar-refractivity contribution in [3.8, 4) is 11.4 Å².